The maximum atomic E-state index is 11.9. The maximum Gasteiger partial charge on any atom is 0.343 e. The smallest absolute Gasteiger partial charge is 0.343 e. The number of esters is 1. The summed E-state index contributed by atoms with van der Waals surface area (Å²) in [5.74, 6) is -0.0751. The Hall–Kier alpha value is -2.83. The van der Waals surface area contributed by atoms with Crippen LogP contribution in [0.25, 0.3) is 0 Å². The summed E-state index contributed by atoms with van der Waals surface area (Å²) in [6.07, 6.45) is 1.67. The van der Waals surface area contributed by atoms with E-state index in [0.717, 1.165) is 11.3 Å². The predicted octanol–water partition coefficient (Wildman–Crippen LogP) is 2.41. The van der Waals surface area contributed by atoms with Crippen molar-refractivity contribution in [3.63, 3.8) is 0 Å². The zero-order chi connectivity index (χ0) is 16.8. The Morgan fingerprint density at radius 3 is 2.70 bits per heavy atom. The summed E-state index contributed by atoms with van der Waals surface area (Å²) in [5, 5.41) is 10.9. The number of aromatic nitrogens is 2. The van der Waals surface area contributed by atoms with Gasteiger partial charge in [0.05, 0.1) is 12.8 Å². The van der Waals surface area contributed by atoms with Gasteiger partial charge < -0.3 is 9.64 Å². The molecule has 0 amide bonds. The van der Waals surface area contributed by atoms with E-state index in [0.29, 0.717) is 23.7 Å². The first-order chi connectivity index (χ1) is 11.0. The second-order valence-corrected chi connectivity index (χ2v) is 5.15. The van der Waals surface area contributed by atoms with Crippen molar-refractivity contribution in [2.24, 2.45) is 5.10 Å². The molecule has 2 rings (SSSR count). The molecule has 0 saturated carbocycles. The van der Waals surface area contributed by atoms with E-state index < -0.39 is 5.97 Å². The van der Waals surface area contributed by atoms with Crippen LogP contribution in [0, 0.1) is 6.92 Å². The highest BCUT2D eigenvalue weighted by atomic mass is 16.5. The van der Waals surface area contributed by atoms with Gasteiger partial charge in [-0.3, -0.25) is 10.5 Å². The lowest BCUT2D eigenvalue weighted by molar-refractivity contribution is 0.0526. The van der Waals surface area contributed by atoms with E-state index in [4.69, 9.17) is 4.74 Å². The first-order valence-electron chi connectivity index (χ1n) is 7.31. The molecule has 7 nitrogen and oxygen atoms in total. The zero-order valence-electron chi connectivity index (χ0n) is 13.8. The lowest BCUT2D eigenvalue weighted by Crippen LogP contribution is -2.08. The van der Waals surface area contributed by atoms with Crippen LogP contribution in [0.1, 0.15) is 28.5 Å². The summed E-state index contributed by atoms with van der Waals surface area (Å²) in [4.78, 5) is 13.9. The number of carbonyl (C=O) groups is 1. The van der Waals surface area contributed by atoms with Crippen LogP contribution in [-0.4, -0.2) is 43.1 Å². The Bertz CT molecular complexity index is 689. The monoisotopic (exact) mass is 315 g/mol. The minimum Gasteiger partial charge on any atom is -0.462 e. The highest BCUT2D eigenvalue weighted by Crippen LogP contribution is 2.17. The predicted molar refractivity (Wildman–Crippen MR) is 91.3 cm³/mol. The fourth-order valence-corrected chi connectivity index (χ4v) is 1.99. The van der Waals surface area contributed by atoms with Crippen molar-refractivity contribution in [2.45, 2.75) is 13.8 Å². The van der Waals surface area contributed by atoms with Crippen molar-refractivity contribution in [1.29, 1.82) is 0 Å². The van der Waals surface area contributed by atoms with E-state index in [-0.39, 0.29) is 0 Å². The Morgan fingerprint density at radius 1 is 1.39 bits per heavy atom. The molecule has 0 atom stereocenters. The third-order valence-corrected chi connectivity index (χ3v) is 3.22. The number of nitrogens with zero attached hydrogens (tertiary/aromatic N) is 3. The van der Waals surface area contributed by atoms with E-state index in [9.17, 15) is 4.79 Å². The first-order valence-corrected chi connectivity index (χ1v) is 7.31. The topological polar surface area (TPSA) is 82.6 Å². The van der Waals surface area contributed by atoms with Crippen molar-refractivity contribution in [1.82, 2.24) is 10.2 Å². The number of H-pyrrole nitrogens is 1. The van der Waals surface area contributed by atoms with Gasteiger partial charge in [0, 0.05) is 25.5 Å². The quantitative estimate of drug-likeness (QED) is 0.486. The third kappa shape index (κ3) is 4.09. The molecule has 2 N–H and O–H groups in total. The van der Waals surface area contributed by atoms with Crippen LogP contribution < -0.4 is 10.3 Å². The molecule has 1 aromatic heterocycles. The second kappa shape index (κ2) is 7.44. The molecule has 122 valence electrons. The van der Waals surface area contributed by atoms with Crippen LogP contribution in [0.15, 0.2) is 29.4 Å². The minimum absolute atomic E-state index is 0.310. The largest absolute Gasteiger partial charge is 0.462 e. The van der Waals surface area contributed by atoms with Crippen molar-refractivity contribution in [3.05, 3.63) is 41.1 Å². The van der Waals surface area contributed by atoms with Crippen molar-refractivity contribution in [2.75, 3.05) is 31.0 Å². The number of hydrazone groups is 1. The number of ether oxygens (including phenoxy) is 1. The summed E-state index contributed by atoms with van der Waals surface area (Å²) >= 11 is 0. The fourth-order valence-electron chi connectivity index (χ4n) is 1.99. The van der Waals surface area contributed by atoms with Gasteiger partial charge in [-0.1, -0.05) is 12.1 Å². The molecule has 0 unspecified atom stereocenters. The molecule has 0 saturated heterocycles. The molecule has 0 bridgehead atoms. The Labute approximate surface area is 135 Å². The molecular formula is C16H21N5O2. The molecule has 23 heavy (non-hydrogen) atoms. The molecule has 0 aliphatic carbocycles. The van der Waals surface area contributed by atoms with Gasteiger partial charge in [-0.25, -0.2) is 4.79 Å². The normalized spacial score (nSPS) is 10.8. The third-order valence-electron chi connectivity index (χ3n) is 3.22. The molecule has 0 aliphatic rings. The number of aryl methyl sites for hydroxylation is 1. The number of benzene rings is 1. The van der Waals surface area contributed by atoms with Crippen LogP contribution in [0.4, 0.5) is 11.5 Å². The average Bonchev–Trinajstić information content (AvgIpc) is 2.89. The number of aromatic amines is 1. The van der Waals surface area contributed by atoms with E-state index in [1.807, 2.05) is 43.3 Å². The van der Waals surface area contributed by atoms with Gasteiger partial charge >= 0.3 is 5.97 Å². The Morgan fingerprint density at radius 2 is 2.09 bits per heavy atom. The van der Waals surface area contributed by atoms with Crippen LogP contribution in [0.2, 0.25) is 0 Å². The lowest BCUT2D eigenvalue weighted by Gasteiger charge is -2.11. The fraction of sp³-hybridized carbons (Fsp3) is 0.312. The van der Waals surface area contributed by atoms with Gasteiger partial charge in [0.25, 0.3) is 0 Å². The highest BCUT2D eigenvalue weighted by molar-refractivity contribution is 5.96. The molecule has 2 aromatic rings. The SMILES string of the molecule is CCOC(=O)c1c(N/N=C/c2ccc(N(C)C)cc2)n[nH]c1C. The highest BCUT2D eigenvalue weighted by Gasteiger charge is 2.18. The van der Waals surface area contributed by atoms with Crippen LogP contribution >= 0.6 is 0 Å². The molecule has 1 heterocycles. The van der Waals surface area contributed by atoms with E-state index in [1.165, 1.54) is 0 Å². The zero-order valence-corrected chi connectivity index (χ0v) is 13.8. The molecule has 7 heteroatoms. The Kier molecular flexibility index (Phi) is 5.35. The summed E-state index contributed by atoms with van der Waals surface area (Å²) in [7, 11) is 3.98. The molecular weight excluding hydrogens is 294 g/mol. The van der Waals surface area contributed by atoms with Gasteiger partial charge in [-0.15, -0.1) is 0 Å². The number of hydrogen-bond donors (Lipinski definition) is 2. The summed E-state index contributed by atoms with van der Waals surface area (Å²) in [6, 6.07) is 7.93. The molecule has 0 aliphatic heterocycles. The van der Waals surface area contributed by atoms with Gasteiger partial charge in [0.1, 0.15) is 5.56 Å². The molecule has 0 fully saturated rings. The number of rotatable bonds is 6. The molecule has 1 aromatic carbocycles. The van der Waals surface area contributed by atoms with Gasteiger partial charge in [0.15, 0.2) is 5.82 Å². The maximum absolute atomic E-state index is 11.9. The molecule has 0 spiro atoms. The van der Waals surface area contributed by atoms with Crippen molar-refractivity contribution >= 4 is 23.7 Å². The summed E-state index contributed by atoms with van der Waals surface area (Å²) < 4.78 is 5.01. The van der Waals surface area contributed by atoms with E-state index in [1.54, 1.807) is 20.1 Å². The van der Waals surface area contributed by atoms with E-state index >= 15 is 0 Å². The Balaban J connectivity index is 2.07. The van der Waals surface area contributed by atoms with E-state index in [2.05, 4.69) is 20.7 Å². The van der Waals surface area contributed by atoms with Crippen molar-refractivity contribution < 1.29 is 9.53 Å². The van der Waals surface area contributed by atoms with Crippen LogP contribution in [0.5, 0.6) is 0 Å². The van der Waals surface area contributed by atoms with Crippen LogP contribution in [0.3, 0.4) is 0 Å². The lowest BCUT2D eigenvalue weighted by atomic mass is 10.2. The number of anilines is 2. The summed E-state index contributed by atoms with van der Waals surface area (Å²) in [6.45, 7) is 3.83. The van der Waals surface area contributed by atoms with Gasteiger partial charge in [-0.2, -0.15) is 10.2 Å². The minimum atomic E-state index is -0.424. The molecule has 0 radical (unpaired) electrons. The number of carbonyl (C=O) groups excluding carboxylic acids is 1. The van der Waals surface area contributed by atoms with Crippen LogP contribution in [-0.2, 0) is 4.74 Å². The summed E-state index contributed by atoms with van der Waals surface area (Å²) in [5.41, 5.74) is 5.83. The number of hydrogen-bond acceptors (Lipinski definition) is 6. The van der Waals surface area contributed by atoms with Gasteiger partial charge in [-0.05, 0) is 31.5 Å². The van der Waals surface area contributed by atoms with Gasteiger partial charge in [0.2, 0.25) is 0 Å². The number of nitrogens with one attached hydrogen (secondary N) is 2. The standard InChI is InChI=1S/C16H21N5O2/c1-5-23-16(22)14-11(2)18-20-15(14)19-17-10-12-6-8-13(9-7-12)21(3)4/h6-10H,5H2,1-4H3,(H2,18,19,20)/b17-10+. The first kappa shape index (κ1) is 16.5. The second-order valence-electron chi connectivity index (χ2n) is 5.15. The average molecular weight is 315 g/mol. The van der Waals surface area contributed by atoms with Crippen molar-refractivity contribution in [3.8, 4) is 0 Å².